The smallest absolute Gasteiger partial charge is 0.282 e. The van der Waals surface area contributed by atoms with E-state index in [9.17, 15) is 8.42 Å². The molecule has 12 heavy (non-hydrogen) atoms. The molecule has 0 aliphatic carbocycles. The van der Waals surface area contributed by atoms with Crippen LogP contribution in [0.25, 0.3) is 0 Å². The zero-order chi connectivity index (χ0) is 9.35. The molecule has 0 atom stereocenters. The highest BCUT2D eigenvalue weighted by Gasteiger charge is 2.10. The maximum atomic E-state index is 10.6. The average Bonchev–Trinajstić information content (AvgIpc) is 1.92. The molecule has 0 heterocycles. The van der Waals surface area contributed by atoms with Crippen molar-refractivity contribution in [1.82, 2.24) is 0 Å². The fraction of sp³-hybridized carbons (Fsp3) is 0. The molecule has 3 nitrogen and oxygen atoms in total. The van der Waals surface area contributed by atoms with Crippen LogP contribution in [0.15, 0.2) is 28.0 Å². The van der Waals surface area contributed by atoms with Crippen molar-refractivity contribution in [2.75, 3.05) is 0 Å². The molecule has 0 spiro atoms. The van der Waals surface area contributed by atoms with Gasteiger partial charge in [0.15, 0.2) is 0 Å². The Kier molecular flexibility index (Phi) is 2.58. The van der Waals surface area contributed by atoms with E-state index in [1.54, 1.807) is 0 Å². The molecule has 6 heteroatoms. The number of halogens is 1. The van der Waals surface area contributed by atoms with Crippen molar-refractivity contribution in [3.8, 4) is 0 Å². The molecule has 0 unspecified atom stereocenters. The first-order valence-corrected chi connectivity index (χ1v) is 5.08. The summed E-state index contributed by atoms with van der Waals surface area (Å²) in [7, 11) is -4.17. The topological polar surface area (TPSA) is 54.4 Å². The van der Waals surface area contributed by atoms with E-state index in [0.29, 0.717) is 4.90 Å². The van der Waals surface area contributed by atoms with Gasteiger partial charge in [0.25, 0.3) is 10.1 Å². The summed E-state index contributed by atoms with van der Waals surface area (Å²) in [6.07, 6.45) is 0. The first-order valence-electron chi connectivity index (χ1n) is 2.85. The molecule has 1 N–H and O–H groups in total. The van der Waals surface area contributed by atoms with Crippen molar-refractivity contribution in [3.05, 3.63) is 23.2 Å². The summed E-state index contributed by atoms with van der Waals surface area (Å²) >= 11 is 10.3. The Morgan fingerprint density at radius 1 is 1.42 bits per heavy atom. The number of hydrogen-bond acceptors (Lipinski definition) is 2. The van der Waals surface area contributed by atoms with Gasteiger partial charge in [0.1, 0.15) is 0 Å². The molecule has 0 bridgehead atoms. The van der Waals surface area contributed by atoms with E-state index in [1.807, 2.05) is 0 Å². The molecule has 1 rings (SSSR count). The molecular weight excluding hydrogens is 220 g/mol. The quantitative estimate of drug-likeness (QED) is 0.743. The highest BCUT2D eigenvalue weighted by molar-refractivity contribution is 7.85. The van der Waals surface area contributed by atoms with Gasteiger partial charge in [-0.25, -0.2) is 0 Å². The monoisotopic (exact) mass is 223 g/mol. The van der Waals surface area contributed by atoms with Crippen LogP contribution in [0.3, 0.4) is 0 Å². The first-order chi connectivity index (χ1) is 5.41. The van der Waals surface area contributed by atoms with E-state index >= 15 is 0 Å². The highest BCUT2D eigenvalue weighted by Crippen LogP contribution is 2.22. The zero-order valence-electron chi connectivity index (χ0n) is 5.69. The van der Waals surface area contributed by atoms with Crippen molar-refractivity contribution in [1.29, 1.82) is 0 Å². The van der Waals surface area contributed by atoms with Crippen LogP contribution >= 0.6 is 24.2 Å². The van der Waals surface area contributed by atoms with Gasteiger partial charge in [-0.3, -0.25) is 4.55 Å². The van der Waals surface area contributed by atoms with Crippen LogP contribution in [0.2, 0.25) is 5.02 Å². The summed E-state index contributed by atoms with van der Waals surface area (Å²) in [5.41, 5.74) is 0. The van der Waals surface area contributed by atoms with Crippen LogP contribution in [0, 0.1) is 0 Å². The van der Waals surface area contributed by atoms with Crippen molar-refractivity contribution in [3.63, 3.8) is 0 Å². The van der Waals surface area contributed by atoms with E-state index in [1.165, 1.54) is 12.1 Å². The van der Waals surface area contributed by atoms with Crippen LogP contribution in [0.4, 0.5) is 0 Å². The lowest BCUT2D eigenvalue weighted by molar-refractivity contribution is 0.483. The molecule has 0 amide bonds. The highest BCUT2D eigenvalue weighted by atomic mass is 35.5. The van der Waals surface area contributed by atoms with Crippen LogP contribution < -0.4 is 0 Å². The summed E-state index contributed by atoms with van der Waals surface area (Å²) in [5, 5.41) is 0.139. The van der Waals surface area contributed by atoms with E-state index in [4.69, 9.17) is 28.8 Å². The fourth-order valence-electron chi connectivity index (χ4n) is 0.642. The molecule has 0 fully saturated rings. The Hall–Kier alpha value is -0.360. The number of rotatable bonds is 1. The van der Waals surface area contributed by atoms with Crippen LogP contribution in [-0.2, 0) is 10.1 Å². The van der Waals surface area contributed by atoms with Gasteiger partial charge in [-0.05, 0) is 18.2 Å². The summed E-state index contributed by atoms with van der Waals surface area (Å²) in [5.74, 6) is 0. The predicted octanol–water partition coefficient (Wildman–Crippen LogP) is 2.14. The van der Waals surface area contributed by atoms with Crippen LogP contribution in [-0.4, -0.2) is 13.0 Å². The number of hydrogen-bond donors (Lipinski definition) is 1. The Labute approximate surface area is 80.5 Å². The standard InChI is InChI=1S/C6H4ClO3S2/c7-5-3-4(12(8,9)10)1-2-6(5)11/h1-3H,(H,8,9,10). The first kappa shape index (κ1) is 9.73. The van der Waals surface area contributed by atoms with Gasteiger partial charge in [-0.2, -0.15) is 8.42 Å². The molecule has 1 aromatic rings. The predicted molar refractivity (Wildman–Crippen MR) is 47.1 cm³/mol. The minimum atomic E-state index is -4.17. The van der Waals surface area contributed by atoms with E-state index < -0.39 is 10.1 Å². The minimum Gasteiger partial charge on any atom is -0.282 e. The molecule has 1 radical (unpaired) electrons. The van der Waals surface area contributed by atoms with Crippen molar-refractivity contribution in [2.24, 2.45) is 0 Å². The number of benzene rings is 1. The molecule has 0 saturated heterocycles. The Morgan fingerprint density at radius 3 is 2.42 bits per heavy atom. The maximum absolute atomic E-state index is 10.6. The normalized spacial score (nSPS) is 11.5. The van der Waals surface area contributed by atoms with Crippen molar-refractivity contribution in [2.45, 2.75) is 9.79 Å². The molecule has 0 aliphatic heterocycles. The minimum absolute atomic E-state index is 0.139. The Bertz CT molecular complexity index is 399. The molecule has 0 saturated carbocycles. The third-order valence-electron chi connectivity index (χ3n) is 1.20. The van der Waals surface area contributed by atoms with Crippen LogP contribution in [0.5, 0.6) is 0 Å². The Balaban J connectivity index is 3.33. The van der Waals surface area contributed by atoms with E-state index in [0.717, 1.165) is 6.07 Å². The van der Waals surface area contributed by atoms with Crippen LogP contribution in [0.1, 0.15) is 0 Å². The summed E-state index contributed by atoms with van der Waals surface area (Å²) in [4.78, 5) is 0.102. The SMILES string of the molecule is O=S(=O)(O)c1ccc([S])c(Cl)c1. The Morgan fingerprint density at radius 2 is 2.00 bits per heavy atom. The lowest BCUT2D eigenvalue weighted by Crippen LogP contribution is -1.97. The largest absolute Gasteiger partial charge is 0.294 e. The third kappa shape index (κ3) is 2.07. The van der Waals surface area contributed by atoms with E-state index in [2.05, 4.69) is 0 Å². The van der Waals surface area contributed by atoms with Gasteiger partial charge in [-0.15, -0.1) is 0 Å². The van der Waals surface area contributed by atoms with Gasteiger partial charge < -0.3 is 0 Å². The molecule has 1 aromatic carbocycles. The summed E-state index contributed by atoms with van der Waals surface area (Å²) in [6.45, 7) is 0. The van der Waals surface area contributed by atoms with Gasteiger partial charge in [0, 0.05) is 0 Å². The van der Waals surface area contributed by atoms with Crippen molar-refractivity contribution >= 4 is 34.3 Å². The fourth-order valence-corrected chi connectivity index (χ4v) is 1.52. The van der Waals surface area contributed by atoms with Gasteiger partial charge in [0.05, 0.1) is 14.8 Å². The van der Waals surface area contributed by atoms with Gasteiger partial charge in [0.2, 0.25) is 0 Å². The molecular formula is C6H4ClO3S2. The maximum Gasteiger partial charge on any atom is 0.294 e. The lowest BCUT2D eigenvalue weighted by Gasteiger charge is -1.98. The second-order valence-electron chi connectivity index (χ2n) is 2.07. The molecule has 0 aliphatic rings. The van der Waals surface area contributed by atoms with Crippen molar-refractivity contribution < 1.29 is 13.0 Å². The molecule has 0 aromatic heterocycles. The second kappa shape index (κ2) is 3.18. The third-order valence-corrected chi connectivity index (χ3v) is 2.83. The van der Waals surface area contributed by atoms with E-state index in [-0.39, 0.29) is 9.92 Å². The summed E-state index contributed by atoms with van der Waals surface area (Å²) < 4.78 is 29.7. The second-order valence-corrected chi connectivity index (χ2v) is 4.34. The summed E-state index contributed by atoms with van der Waals surface area (Å²) in [6, 6.07) is 3.66. The zero-order valence-corrected chi connectivity index (χ0v) is 8.08. The average molecular weight is 224 g/mol. The van der Waals surface area contributed by atoms with Gasteiger partial charge in [-0.1, -0.05) is 24.2 Å². The van der Waals surface area contributed by atoms with Gasteiger partial charge >= 0.3 is 0 Å². The lowest BCUT2D eigenvalue weighted by atomic mass is 10.4. The molecule has 65 valence electrons.